The average molecular weight is 259 g/mol. The zero-order valence-corrected chi connectivity index (χ0v) is 11.1. The minimum absolute atomic E-state index is 0.111. The molecule has 1 aromatic carbocycles. The summed E-state index contributed by atoms with van der Waals surface area (Å²) in [5.74, 6) is 0. The molecule has 0 aliphatic carbocycles. The van der Waals surface area contributed by atoms with Gasteiger partial charge in [-0.2, -0.15) is 0 Å². The topological polar surface area (TPSA) is 60.1 Å². The molecule has 0 fully saturated rings. The Bertz CT molecular complexity index is 590. The summed E-state index contributed by atoms with van der Waals surface area (Å²) in [5, 5.41) is 14.1. The molecule has 1 aromatic heterocycles. The Hall–Kier alpha value is -2.30. The Labute approximate surface area is 112 Å². The van der Waals surface area contributed by atoms with Gasteiger partial charge in [-0.3, -0.25) is 10.1 Å². The first kappa shape index (κ1) is 13.1. The maximum absolute atomic E-state index is 11.0. The van der Waals surface area contributed by atoms with Gasteiger partial charge in [0.25, 0.3) is 5.69 Å². The number of benzene rings is 1. The van der Waals surface area contributed by atoms with Crippen LogP contribution in [0.1, 0.15) is 18.2 Å². The first-order valence-corrected chi connectivity index (χ1v) is 6.24. The third-order valence-corrected chi connectivity index (χ3v) is 3.07. The summed E-state index contributed by atoms with van der Waals surface area (Å²) >= 11 is 0. The van der Waals surface area contributed by atoms with Crippen molar-refractivity contribution in [2.45, 2.75) is 26.9 Å². The molecule has 19 heavy (non-hydrogen) atoms. The van der Waals surface area contributed by atoms with Crippen molar-refractivity contribution in [3.05, 3.63) is 57.9 Å². The predicted octanol–water partition coefficient (Wildman–Crippen LogP) is 3.34. The van der Waals surface area contributed by atoms with Crippen molar-refractivity contribution in [2.24, 2.45) is 0 Å². The summed E-state index contributed by atoms with van der Waals surface area (Å²) < 4.78 is 2.11. The summed E-state index contributed by atoms with van der Waals surface area (Å²) in [6.07, 6.45) is 2.00. The van der Waals surface area contributed by atoms with E-state index in [4.69, 9.17) is 0 Å². The Kier molecular flexibility index (Phi) is 3.85. The SMILES string of the molecule is CCn1cccc1CNc1cc(C)ccc1[N+](=O)[O-]. The molecule has 0 amide bonds. The van der Waals surface area contributed by atoms with E-state index in [-0.39, 0.29) is 10.6 Å². The second-order valence-corrected chi connectivity index (χ2v) is 4.42. The molecule has 5 heteroatoms. The second-order valence-electron chi connectivity index (χ2n) is 4.42. The molecule has 0 spiro atoms. The van der Waals surface area contributed by atoms with Gasteiger partial charge in [0.05, 0.1) is 11.5 Å². The highest BCUT2D eigenvalue weighted by Crippen LogP contribution is 2.25. The number of rotatable bonds is 5. The molecule has 5 nitrogen and oxygen atoms in total. The van der Waals surface area contributed by atoms with Crippen LogP contribution in [0.4, 0.5) is 11.4 Å². The predicted molar refractivity (Wildman–Crippen MR) is 75.3 cm³/mol. The summed E-state index contributed by atoms with van der Waals surface area (Å²) in [6.45, 7) is 5.45. The highest BCUT2D eigenvalue weighted by atomic mass is 16.6. The number of aryl methyl sites for hydroxylation is 2. The van der Waals surface area contributed by atoms with Crippen molar-refractivity contribution < 1.29 is 4.92 Å². The van der Waals surface area contributed by atoms with Crippen molar-refractivity contribution in [3.8, 4) is 0 Å². The van der Waals surface area contributed by atoms with Crippen LogP contribution in [0.25, 0.3) is 0 Å². The van der Waals surface area contributed by atoms with Crippen LogP contribution in [0, 0.1) is 17.0 Å². The third kappa shape index (κ3) is 2.93. The van der Waals surface area contributed by atoms with Crippen molar-refractivity contribution in [1.82, 2.24) is 4.57 Å². The molecule has 0 bridgehead atoms. The number of anilines is 1. The van der Waals surface area contributed by atoms with Gasteiger partial charge in [0.2, 0.25) is 0 Å². The minimum atomic E-state index is -0.360. The fourth-order valence-electron chi connectivity index (χ4n) is 2.05. The largest absolute Gasteiger partial charge is 0.374 e. The van der Waals surface area contributed by atoms with Crippen LogP contribution in [0.15, 0.2) is 36.5 Å². The summed E-state index contributed by atoms with van der Waals surface area (Å²) in [5.41, 5.74) is 2.78. The number of nitrogens with zero attached hydrogens (tertiary/aromatic N) is 2. The lowest BCUT2D eigenvalue weighted by molar-refractivity contribution is -0.384. The molecule has 1 heterocycles. The molecule has 0 saturated heterocycles. The third-order valence-electron chi connectivity index (χ3n) is 3.07. The minimum Gasteiger partial charge on any atom is -0.374 e. The standard InChI is InChI=1S/C14H17N3O2/c1-3-16-8-4-5-12(16)10-15-13-9-11(2)6-7-14(13)17(18)19/h4-9,15H,3,10H2,1-2H3. The second kappa shape index (κ2) is 5.56. The van der Waals surface area contributed by atoms with Crippen LogP contribution < -0.4 is 5.32 Å². The van der Waals surface area contributed by atoms with Crippen LogP contribution in [-0.4, -0.2) is 9.49 Å². The fourth-order valence-corrected chi connectivity index (χ4v) is 2.05. The van der Waals surface area contributed by atoms with Gasteiger partial charge in [-0.1, -0.05) is 6.07 Å². The molecule has 100 valence electrons. The van der Waals surface area contributed by atoms with Crippen molar-refractivity contribution in [3.63, 3.8) is 0 Å². The Morgan fingerprint density at radius 2 is 2.16 bits per heavy atom. The quantitative estimate of drug-likeness (QED) is 0.661. The Morgan fingerprint density at radius 1 is 1.37 bits per heavy atom. The molecule has 2 aromatic rings. The van der Waals surface area contributed by atoms with Gasteiger partial charge in [0.15, 0.2) is 0 Å². The Balaban J connectivity index is 2.19. The van der Waals surface area contributed by atoms with E-state index in [0.29, 0.717) is 12.2 Å². The van der Waals surface area contributed by atoms with E-state index < -0.39 is 0 Å². The number of hydrogen-bond acceptors (Lipinski definition) is 3. The smallest absolute Gasteiger partial charge is 0.292 e. The van der Waals surface area contributed by atoms with E-state index in [1.54, 1.807) is 12.1 Å². The van der Waals surface area contributed by atoms with E-state index in [1.165, 1.54) is 6.07 Å². The number of nitro benzene ring substituents is 1. The van der Waals surface area contributed by atoms with Gasteiger partial charge in [0.1, 0.15) is 5.69 Å². The van der Waals surface area contributed by atoms with Crippen LogP contribution in [0.2, 0.25) is 0 Å². The molecular formula is C14H17N3O2. The van der Waals surface area contributed by atoms with Gasteiger partial charge >= 0.3 is 0 Å². The zero-order chi connectivity index (χ0) is 13.8. The molecule has 0 saturated carbocycles. The lowest BCUT2D eigenvalue weighted by Gasteiger charge is -2.10. The fraction of sp³-hybridized carbons (Fsp3) is 0.286. The van der Waals surface area contributed by atoms with Crippen molar-refractivity contribution >= 4 is 11.4 Å². The molecule has 0 aliphatic heterocycles. The van der Waals surface area contributed by atoms with Gasteiger partial charge < -0.3 is 9.88 Å². The summed E-state index contributed by atoms with van der Waals surface area (Å²) in [7, 11) is 0. The normalized spacial score (nSPS) is 10.4. The Morgan fingerprint density at radius 3 is 2.84 bits per heavy atom. The number of aromatic nitrogens is 1. The lowest BCUT2D eigenvalue weighted by Crippen LogP contribution is -2.07. The molecule has 2 rings (SSSR count). The molecular weight excluding hydrogens is 242 g/mol. The van der Waals surface area contributed by atoms with Gasteiger partial charge in [-0.25, -0.2) is 0 Å². The number of nitro groups is 1. The lowest BCUT2D eigenvalue weighted by atomic mass is 10.2. The highest BCUT2D eigenvalue weighted by Gasteiger charge is 2.13. The molecule has 1 N–H and O–H groups in total. The maximum Gasteiger partial charge on any atom is 0.292 e. The maximum atomic E-state index is 11.0. The van der Waals surface area contributed by atoms with Crippen LogP contribution in [0.5, 0.6) is 0 Å². The summed E-state index contributed by atoms with van der Waals surface area (Å²) in [4.78, 5) is 10.6. The van der Waals surface area contributed by atoms with Crippen molar-refractivity contribution in [2.75, 3.05) is 5.32 Å². The molecule has 0 aliphatic rings. The van der Waals surface area contributed by atoms with Crippen LogP contribution in [-0.2, 0) is 13.1 Å². The number of nitrogens with one attached hydrogen (secondary N) is 1. The molecule has 0 atom stereocenters. The van der Waals surface area contributed by atoms with E-state index in [1.807, 2.05) is 25.3 Å². The van der Waals surface area contributed by atoms with Gasteiger partial charge in [-0.05, 0) is 37.6 Å². The average Bonchev–Trinajstić information content (AvgIpc) is 2.83. The zero-order valence-electron chi connectivity index (χ0n) is 11.1. The van der Waals surface area contributed by atoms with E-state index >= 15 is 0 Å². The van der Waals surface area contributed by atoms with Crippen molar-refractivity contribution in [1.29, 1.82) is 0 Å². The number of hydrogen-bond donors (Lipinski definition) is 1. The first-order chi connectivity index (χ1) is 9.11. The monoisotopic (exact) mass is 259 g/mol. The molecule has 0 radical (unpaired) electrons. The van der Waals surface area contributed by atoms with E-state index in [0.717, 1.165) is 17.8 Å². The van der Waals surface area contributed by atoms with Crippen LogP contribution in [0.3, 0.4) is 0 Å². The van der Waals surface area contributed by atoms with E-state index in [2.05, 4.69) is 16.8 Å². The first-order valence-electron chi connectivity index (χ1n) is 6.24. The van der Waals surface area contributed by atoms with Crippen LogP contribution >= 0.6 is 0 Å². The van der Waals surface area contributed by atoms with E-state index in [9.17, 15) is 10.1 Å². The van der Waals surface area contributed by atoms with Gasteiger partial charge in [-0.15, -0.1) is 0 Å². The molecule has 0 unspecified atom stereocenters. The summed E-state index contributed by atoms with van der Waals surface area (Å²) in [6, 6.07) is 9.08. The van der Waals surface area contributed by atoms with Gasteiger partial charge in [0, 0.05) is 24.5 Å². The highest BCUT2D eigenvalue weighted by molar-refractivity contribution is 5.62.